The van der Waals surface area contributed by atoms with Crippen molar-refractivity contribution in [3.8, 4) is 0 Å². The number of aromatic nitrogens is 1. The highest BCUT2D eigenvalue weighted by Gasteiger charge is 2.11. The molecule has 0 unspecified atom stereocenters. The van der Waals surface area contributed by atoms with Crippen LogP contribution in [0.2, 0.25) is 0 Å². The van der Waals surface area contributed by atoms with Gasteiger partial charge in [0, 0.05) is 24.8 Å². The van der Waals surface area contributed by atoms with Gasteiger partial charge in [-0.2, -0.15) is 0 Å². The predicted molar refractivity (Wildman–Crippen MR) is 114 cm³/mol. The molecule has 0 aliphatic carbocycles. The first kappa shape index (κ1) is 20.3. The topological polar surface area (TPSA) is 71.1 Å². The van der Waals surface area contributed by atoms with Crippen molar-refractivity contribution in [1.29, 1.82) is 0 Å². The fourth-order valence-corrected chi connectivity index (χ4v) is 2.92. The number of nitrogens with zero attached hydrogens (tertiary/aromatic N) is 1. The molecule has 5 heteroatoms. The van der Waals surface area contributed by atoms with Crippen molar-refractivity contribution in [3.05, 3.63) is 101 Å². The van der Waals surface area contributed by atoms with E-state index in [0.717, 1.165) is 18.4 Å². The van der Waals surface area contributed by atoms with E-state index >= 15 is 0 Å². The number of pyridine rings is 1. The number of aryl methyl sites for hydroxylation is 2. The molecule has 0 bridgehead atoms. The summed E-state index contributed by atoms with van der Waals surface area (Å²) in [6.45, 7) is 3.01. The summed E-state index contributed by atoms with van der Waals surface area (Å²) >= 11 is 0. The van der Waals surface area contributed by atoms with E-state index in [0.29, 0.717) is 18.7 Å². The average molecular weight is 387 g/mol. The number of nitrogens with one attached hydrogen (secondary N) is 2. The predicted octanol–water partition coefficient (Wildman–Crippen LogP) is 3.68. The molecular formula is C24H25N3O2. The van der Waals surface area contributed by atoms with E-state index in [-0.39, 0.29) is 17.5 Å². The summed E-state index contributed by atoms with van der Waals surface area (Å²) in [5.74, 6) is -0.502. The van der Waals surface area contributed by atoms with Gasteiger partial charge in [-0.3, -0.25) is 14.6 Å². The molecular weight excluding hydrogens is 362 g/mol. The SMILES string of the molecule is Cc1ccc(CNC(=O)c2cc(C(=O)NCCCc3ccccc3)ccn2)cc1. The highest BCUT2D eigenvalue weighted by molar-refractivity contribution is 5.98. The summed E-state index contributed by atoms with van der Waals surface area (Å²) in [6.07, 6.45) is 3.24. The summed E-state index contributed by atoms with van der Waals surface area (Å²) in [7, 11) is 0. The van der Waals surface area contributed by atoms with Gasteiger partial charge in [0.15, 0.2) is 0 Å². The molecule has 148 valence electrons. The Labute approximate surface area is 171 Å². The van der Waals surface area contributed by atoms with E-state index in [1.165, 1.54) is 23.4 Å². The second kappa shape index (κ2) is 10.2. The van der Waals surface area contributed by atoms with Gasteiger partial charge in [0.05, 0.1) is 0 Å². The Bertz CT molecular complexity index is 953. The van der Waals surface area contributed by atoms with Crippen LogP contribution in [0, 0.1) is 6.92 Å². The molecule has 0 saturated heterocycles. The summed E-state index contributed by atoms with van der Waals surface area (Å²) in [4.78, 5) is 28.8. The second-order valence-electron chi connectivity index (χ2n) is 6.94. The molecule has 3 aromatic rings. The number of benzene rings is 2. The summed E-state index contributed by atoms with van der Waals surface area (Å²) < 4.78 is 0. The third-order valence-electron chi connectivity index (χ3n) is 4.60. The Kier molecular flexibility index (Phi) is 7.11. The number of amides is 2. The van der Waals surface area contributed by atoms with Gasteiger partial charge in [-0.05, 0) is 43.0 Å². The molecule has 0 spiro atoms. The summed E-state index contributed by atoms with van der Waals surface area (Å²) in [5, 5.41) is 5.74. The minimum absolute atomic E-state index is 0.201. The van der Waals surface area contributed by atoms with Crippen LogP contribution in [0.15, 0.2) is 72.9 Å². The van der Waals surface area contributed by atoms with Crippen LogP contribution in [0.5, 0.6) is 0 Å². The maximum Gasteiger partial charge on any atom is 0.270 e. The number of hydrogen-bond donors (Lipinski definition) is 2. The largest absolute Gasteiger partial charge is 0.352 e. The van der Waals surface area contributed by atoms with Crippen LogP contribution in [-0.2, 0) is 13.0 Å². The zero-order valence-corrected chi connectivity index (χ0v) is 16.5. The van der Waals surface area contributed by atoms with E-state index in [4.69, 9.17) is 0 Å². The normalized spacial score (nSPS) is 10.4. The molecule has 29 heavy (non-hydrogen) atoms. The van der Waals surface area contributed by atoms with Gasteiger partial charge in [0.1, 0.15) is 5.69 Å². The van der Waals surface area contributed by atoms with E-state index in [2.05, 4.69) is 27.8 Å². The van der Waals surface area contributed by atoms with Crippen LogP contribution < -0.4 is 10.6 Å². The van der Waals surface area contributed by atoms with Gasteiger partial charge < -0.3 is 10.6 Å². The summed E-state index contributed by atoms with van der Waals surface area (Å²) in [5.41, 5.74) is 4.09. The Morgan fingerprint density at radius 1 is 0.862 bits per heavy atom. The quantitative estimate of drug-likeness (QED) is 0.579. The van der Waals surface area contributed by atoms with Gasteiger partial charge in [-0.15, -0.1) is 0 Å². The van der Waals surface area contributed by atoms with Crippen LogP contribution in [0.3, 0.4) is 0 Å². The third kappa shape index (κ3) is 6.28. The first-order valence-corrected chi connectivity index (χ1v) is 9.74. The van der Waals surface area contributed by atoms with Crippen molar-refractivity contribution in [2.24, 2.45) is 0 Å². The van der Waals surface area contributed by atoms with Gasteiger partial charge in [0.2, 0.25) is 0 Å². The number of hydrogen-bond acceptors (Lipinski definition) is 3. The molecule has 3 rings (SSSR count). The Balaban J connectivity index is 1.49. The van der Waals surface area contributed by atoms with Crippen LogP contribution >= 0.6 is 0 Å². The monoisotopic (exact) mass is 387 g/mol. The van der Waals surface area contributed by atoms with Crippen molar-refractivity contribution in [1.82, 2.24) is 15.6 Å². The highest BCUT2D eigenvalue weighted by Crippen LogP contribution is 2.06. The van der Waals surface area contributed by atoms with E-state index in [1.807, 2.05) is 49.4 Å². The minimum Gasteiger partial charge on any atom is -0.352 e. The van der Waals surface area contributed by atoms with Crippen molar-refractivity contribution >= 4 is 11.8 Å². The lowest BCUT2D eigenvalue weighted by Crippen LogP contribution is -2.27. The molecule has 0 fully saturated rings. The van der Waals surface area contributed by atoms with E-state index in [1.54, 1.807) is 6.07 Å². The molecule has 5 nitrogen and oxygen atoms in total. The van der Waals surface area contributed by atoms with Crippen LogP contribution in [0.4, 0.5) is 0 Å². The minimum atomic E-state index is -0.302. The zero-order valence-electron chi connectivity index (χ0n) is 16.5. The zero-order chi connectivity index (χ0) is 20.5. The lowest BCUT2D eigenvalue weighted by molar-refractivity contribution is 0.0946. The first-order chi connectivity index (χ1) is 14.1. The molecule has 0 atom stereocenters. The molecule has 0 aliphatic heterocycles. The van der Waals surface area contributed by atoms with Crippen molar-refractivity contribution < 1.29 is 9.59 Å². The van der Waals surface area contributed by atoms with E-state index in [9.17, 15) is 9.59 Å². The summed E-state index contributed by atoms with van der Waals surface area (Å²) in [6, 6.07) is 21.3. The van der Waals surface area contributed by atoms with E-state index < -0.39 is 0 Å². The average Bonchev–Trinajstić information content (AvgIpc) is 2.77. The molecule has 2 N–H and O–H groups in total. The smallest absolute Gasteiger partial charge is 0.270 e. The lowest BCUT2D eigenvalue weighted by atomic mass is 10.1. The highest BCUT2D eigenvalue weighted by atomic mass is 16.2. The molecule has 2 aromatic carbocycles. The fourth-order valence-electron chi connectivity index (χ4n) is 2.92. The molecule has 0 saturated carbocycles. The number of carbonyl (C=O) groups excluding carboxylic acids is 2. The Morgan fingerprint density at radius 2 is 1.62 bits per heavy atom. The van der Waals surface area contributed by atoms with Gasteiger partial charge in [-0.25, -0.2) is 0 Å². The fraction of sp³-hybridized carbons (Fsp3) is 0.208. The lowest BCUT2D eigenvalue weighted by Gasteiger charge is -2.08. The number of carbonyl (C=O) groups is 2. The first-order valence-electron chi connectivity index (χ1n) is 9.74. The molecule has 1 aromatic heterocycles. The van der Waals surface area contributed by atoms with Crippen LogP contribution in [0.1, 0.15) is 44.0 Å². The Hall–Kier alpha value is -3.47. The van der Waals surface area contributed by atoms with Gasteiger partial charge in [0.25, 0.3) is 11.8 Å². The molecule has 1 heterocycles. The third-order valence-corrected chi connectivity index (χ3v) is 4.60. The van der Waals surface area contributed by atoms with Crippen molar-refractivity contribution in [2.45, 2.75) is 26.3 Å². The van der Waals surface area contributed by atoms with Gasteiger partial charge >= 0.3 is 0 Å². The van der Waals surface area contributed by atoms with Crippen LogP contribution in [-0.4, -0.2) is 23.3 Å². The van der Waals surface area contributed by atoms with Gasteiger partial charge in [-0.1, -0.05) is 60.2 Å². The second-order valence-corrected chi connectivity index (χ2v) is 6.94. The molecule has 0 aliphatic rings. The Morgan fingerprint density at radius 3 is 2.38 bits per heavy atom. The van der Waals surface area contributed by atoms with Crippen molar-refractivity contribution in [3.63, 3.8) is 0 Å². The number of rotatable bonds is 8. The molecule has 2 amide bonds. The maximum atomic E-state index is 12.4. The van der Waals surface area contributed by atoms with Crippen molar-refractivity contribution in [2.75, 3.05) is 6.54 Å². The molecule has 0 radical (unpaired) electrons. The van der Waals surface area contributed by atoms with Crippen LogP contribution in [0.25, 0.3) is 0 Å². The standard InChI is InChI=1S/C24H25N3O2/c1-18-9-11-20(12-10-18)17-27-24(29)22-16-21(13-15-25-22)23(28)26-14-5-8-19-6-3-2-4-7-19/h2-4,6-7,9-13,15-16H,5,8,14,17H2,1H3,(H,26,28)(H,27,29). The maximum absolute atomic E-state index is 12.4.